The van der Waals surface area contributed by atoms with Crippen LogP contribution in [0.2, 0.25) is 0 Å². The van der Waals surface area contributed by atoms with Gasteiger partial charge in [0.15, 0.2) is 5.83 Å². The van der Waals surface area contributed by atoms with Crippen LogP contribution in [0, 0.1) is 41.3 Å². The minimum atomic E-state index is -1.26. The number of anilines is 1. The standard InChI is InChI=1S/C41H47F2N5O6/c1-4-25-30(42)9-8-23-15-24(49)16-26(32(23)25)35-34(43)36-33(38(44-35)51-3)37(48-13-14-52-21-40(2,50)20-48)46-39(45-36)54-22-41-10-5-7-31(41)47(12-6-11-41)17-27-28-18-53-19-29(27)28/h1,8-9,15-16,27-29,31,35,44,49-50H,5-7,10-14,17-22H2,2-3H3/t27?,28-,29+,31-,35?,40+,41-/m1/s1. The number of aliphatic hydroxyl groups is 1. The van der Waals surface area contributed by atoms with Crippen LogP contribution in [0.25, 0.3) is 22.5 Å². The van der Waals surface area contributed by atoms with Crippen LogP contribution in [-0.4, -0.2) is 103 Å². The average Bonchev–Trinajstić information content (AvgIpc) is 3.44. The molecule has 3 aromatic rings. The number of halogens is 2. The number of fused-ring (bicyclic) bond motifs is 4. The molecule has 9 rings (SSSR count). The van der Waals surface area contributed by atoms with Crippen molar-refractivity contribution in [1.82, 2.24) is 20.2 Å². The summed E-state index contributed by atoms with van der Waals surface area (Å²) in [6.07, 6.45) is 11.2. The Hall–Kier alpha value is -4.22. The number of benzene rings is 2. The van der Waals surface area contributed by atoms with E-state index < -0.39 is 23.3 Å². The average molecular weight is 744 g/mol. The highest BCUT2D eigenvalue weighted by atomic mass is 19.1. The molecule has 0 spiro atoms. The minimum absolute atomic E-state index is 0.0157. The largest absolute Gasteiger partial charge is 0.508 e. The van der Waals surface area contributed by atoms with Crippen molar-refractivity contribution in [3.63, 3.8) is 0 Å². The molecule has 11 nitrogen and oxygen atoms in total. The molecule has 7 atom stereocenters. The maximum Gasteiger partial charge on any atom is 0.319 e. The van der Waals surface area contributed by atoms with E-state index in [2.05, 4.69) is 16.1 Å². The first-order valence-electron chi connectivity index (χ1n) is 19.1. The first kappa shape index (κ1) is 35.5. The number of ether oxygens (including phenoxy) is 4. The van der Waals surface area contributed by atoms with E-state index in [1.165, 1.54) is 31.4 Å². The molecular weight excluding hydrogens is 696 g/mol. The number of methoxy groups -OCH3 is 1. The molecule has 13 heteroatoms. The molecule has 2 aliphatic carbocycles. The Kier molecular flexibility index (Phi) is 8.88. The van der Waals surface area contributed by atoms with Crippen LogP contribution in [0.3, 0.4) is 0 Å². The number of aromatic nitrogens is 2. The fraction of sp³-hybridized carbons (Fsp3) is 0.561. The van der Waals surface area contributed by atoms with Crippen molar-refractivity contribution in [3.05, 3.63) is 51.8 Å². The molecule has 5 heterocycles. The fourth-order valence-corrected chi connectivity index (χ4v) is 10.2. The normalized spacial score (nSPS) is 32.0. The van der Waals surface area contributed by atoms with Crippen molar-refractivity contribution < 1.29 is 37.9 Å². The molecule has 2 aromatic carbocycles. The molecule has 0 bridgehead atoms. The number of phenolic OH excluding ortho intramolecular Hbond substituents is 1. The number of hydrogen-bond acceptors (Lipinski definition) is 11. The second kappa shape index (κ2) is 13.5. The number of hydrogen-bond donors (Lipinski definition) is 3. The maximum absolute atomic E-state index is 17.4. The second-order valence-electron chi connectivity index (χ2n) is 16.4. The number of aromatic hydroxyl groups is 1. The molecule has 1 aromatic heterocycles. The van der Waals surface area contributed by atoms with Gasteiger partial charge in [0.2, 0.25) is 5.88 Å². The van der Waals surface area contributed by atoms with Crippen molar-refractivity contribution in [3.8, 4) is 24.1 Å². The molecule has 2 saturated carbocycles. The Labute approximate surface area is 312 Å². The number of terminal acetylenes is 1. The molecule has 3 N–H and O–H groups in total. The van der Waals surface area contributed by atoms with Crippen LogP contribution in [0.15, 0.2) is 24.3 Å². The molecule has 0 radical (unpaired) electrons. The second-order valence-corrected chi connectivity index (χ2v) is 16.4. The highest BCUT2D eigenvalue weighted by molar-refractivity contribution is 5.94. The van der Waals surface area contributed by atoms with Crippen molar-refractivity contribution in [2.75, 3.05) is 71.2 Å². The lowest BCUT2D eigenvalue weighted by atomic mass is 9.75. The first-order chi connectivity index (χ1) is 26.1. The molecule has 2 unspecified atom stereocenters. The summed E-state index contributed by atoms with van der Waals surface area (Å²) in [4.78, 5) is 14.2. The molecule has 6 aliphatic rings. The third-order valence-electron chi connectivity index (χ3n) is 12.8. The highest BCUT2D eigenvalue weighted by Gasteiger charge is 2.56. The summed E-state index contributed by atoms with van der Waals surface area (Å²) in [6, 6.07) is 4.69. The van der Waals surface area contributed by atoms with E-state index in [0.717, 1.165) is 58.4 Å². The van der Waals surface area contributed by atoms with Gasteiger partial charge in [-0.25, -0.2) is 8.78 Å². The van der Waals surface area contributed by atoms with Crippen LogP contribution in [0.1, 0.15) is 56.2 Å². The number of β-amino-alcohol motifs (C(OH)–C–C–N with tert-alkyl or cyclic N) is 1. The van der Waals surface area contributed by atoms with Gasteiger partial charge in [0, 0.05) is 29.9 Å². The van der Waals surface area contributed by atoms with Crippen LogP contribution in [0.4, 0.5) is 14.6 Å². The molecule has 3 saturated heterocycles. The Balaban J connectivity index is 1.14. The van der Waals surface area contributed by atoms with E-state index in [1.807, 2.05) is 4.90 Å². The van der Waals surface area contributed by atoms with E-state index in [9.17, 15) is 10.2 Å². The van der Waals surface area contributed by atoms with Crippen LogP contribution < -0.4 is 25.5 Å². The van der Waals surface area contributed by atoms with Crippen molar-refractivity contribution in [2.45, 2.75) is 56.7 Å². The predicted molar refractivity (Wildman–Crippen MR) is 197 cm³/mol. The van der Waals surface area contributed by atoms with E-state index in [-0.39, 0.29) is 63.3 Å². The lowest BCUT2D eigenvalue weighted by Crippen LogP contribution is -2.53. The van der Waals surface area contributed by atoms with E-state index in [0.29, 0.717) is 54.8 Å². The van der Waals surface area contributed by atoms with Gasteiger partial charge in [0.05, 0.1) is 52.3 Å². The lowest BCUT2D eigenvalue weighted by molar-refractivity contribution is -0.0123. The van der Waals surface area contributed by atoms with E-state index in [1.54, 1.807) is 6.92 Å². The summed E-state index contributed by atoms with van der Waals surface area (Å²) in [6.45, 7) is 6.95. The summed E-state index contributed by atoms with van der Waals surface area (Å²) >= 11 is 0. The smallest absolute Gasteiger partial charge is 0.319 e. The Morgan fingerprint density at radius 2 is 1.93 bits per heavy atom. The van der Waals surface area contributed by atoms with Crippen molar-refractivity contribution in [1.29, 1.82) is 0 Å². The van der Waals surface area contributed by atoms with Crippen molar-refractivity contribution in [2.24, 2.45) is 23.2 Å². The van der Waals surface area contributed by atoms with Gasteiger partial charge in [-0.1, -0.05) is 18.4 Å². The van der Waals surface area contributed by atoms with Gasteiger partial charge in [0.25, 0.3) is 0 Å². The maximum atomic E-state index is 17.4. The molecule has 0 amide bonds. The van der Waals surface area contributed by atoms with Crippen LogP contribution in [-0.2, 0) is 14.2 Å². The predicted octanol–water partition coefficient (Wildman–Crippen LogP) is 3.08. The summed E-state index contributed by atoms with van der Waals surface area (Å²) in [5, 5.41) is 26.0. The zero-order valence-corrected chi connectivity index (χ0v) is 30.7. The lowest BCUT2D eigenvalue weighted by Gasteiger charge is -2.46. The topological polar surface area (TPSA) is 122 Å². The van der Waals surface area contributed by atoms with Gasteiger partial charge in [-0.3, -0.25) is 4.90 Å². The number of nitrogens with zero attached hydrogens (tertiary/aromatic N) is 4. The third-order valence-corrected chi connectivity index (χ3v) is 12.8. The van der Waals surface area contributed by atoms with Crippen molar-refractivity contribution >= 4 is 28.3 Å². The number of rotatable bonds is 8. The summed E-state index contributed by atoms with van der Waals surface area (Å²) in [5.74, 6) is 3.50. The molecule has 286 valence electrons. The molecule has 4 aliphatic heterocycles. The molecule has 54 heavy (non-hydrogen) atoms. The number of nitrogens with one attached hydrogen (secondary N) is 1. The van der Waals surface area contributed by atoms with Gasteiger partial charge in [-0.2, -0.15) is 9.97 Å². The highest BCUT2D eigenvalue weighted by Crippen LogP contribution is 2.54. The number of phenols is 1. The number of piperidine rings is 1. The molecular formula is C41H47F2N5O6. The van der Waals surface area contributed by atoms with Gasteiger partial charge in [0.1, 0.15) is 39.6 Å². The number of likely N-dealkylation sites (tertiary alicyclic amines) is 1. The fourth-order valence-electron chi connectivity index (χ4n) is 10.2. The Bertz CT molecular complexity index is 2150. The van der Waals surface area contributed by atoms with E-state index >= 15 is 8.78 Å². The third kappa shape index (κ3) is 6.02. The zero-order chi connectivity index (χ0) is 37.4. The van der Waals surface area contributed by atoms with Gasteiger partial charge in [-0.05, 0) is 86.1 Å². The van der Waals surface area contributed by atoms with Gasteiger partial charge < -0.3 is 39.4 Å². The van der Waals surface area contributed by atoms with Gasteiger partial charge >= 0.3 is 6.01 Å². The monoisotopic (exact) mass is 743 g/mol. The zero-order valence-electron chi connectivity index (χ0n) is 30.7. The minimum Gasteiger partial charge on any atom is -0.508 e. The Morgan fingerprint density at radius 1 is 1.11 bits per heavy atom. The summed E-state index contributed by atoms with van der Waals surface area (Å²) < 4.78 is 56.4. The first-order valence-corrected chi connectivity index (χ1v) is 19.1. The summed E-state index contributed by atoms with van der Waals surface area (Å²) in [7, 11) is 1.45. The summed E-state index contributed by atoms with van der Waals surface area (Å²) in [5.41, 5.74) is -1.14. The van der Waals surface area contributed by atoms with Crippen LogP contribution >= 0.6 is 0 Å². The van der Waals surface area contributed by atoms with Crippen LogP contribution in [0.5, 0.6) is 11.8 Å². The van der Waals surface area contributed by atoms with E-state index in [4.69, 9.17) is 35.3 Å². The quantitative estimate of drug-likeness (QED) is 0.296. The molecule has 5 fully saturated rings. The Morgan fingerprint density at radius 3 is 2.72 bits per heavy atom. The van der Waals surface area contributed by atoms with Gasteiger partial charge in [-0.15, -0.1) is 6.42 Å². The SMILES string of the molecule is C#Cc1c(F)ccc2cc(O)cc(C3NC(OC)=c4c(N5CCOC[C@@](C)(O)C5)nc(OC[C@]56CCC[C@H]5N(CC5[C@H]7COC[C@@H]57)CCC6)nc4=C3F)c12.